The van der Waals surface area contributed by atoms with E-state index in [4.69, 9.17) is 4.74 Å². The summed E-state index contributed by atoms with van der Waals surface area (Å²) in [6.45, 7) is 4.89. The molecule has 96 valence electrons. The number of hydrogen-bond acceptors (Lipinski definition) is 4. The second-order valence-electron chi connectivity index (χ2n) is 3.56. The lowest BCUT2D eigenvalue weighted by Crippen LogP contribution is -2.17. The normalized spacial score (nSPS) is 11.5. The minimum Gasteiger partial charge on any atom is -0.466 e. The van der Waals surface area contributed by atoms with Gasteiger partial charge < -0.3 is 9.47 Å². The average molecular weight is 313 g/mol. The summed E-state index contributed by atoms with van der Waals surface area (Å²) in [5.41, 5.74) is 0.723. The molecule has 0 fully saturated rings. The molecule has 0 aliphatic carbocycles. The predicted molar refractivity (Wildman–Crippen MR) is 69.8 cm³/mol. The number of halogens is 1. The number of methoxy groups -OCH3 is 1. The Bertz CT molecular complexity index is 482. The quantitative estimate of drug-likeness (QED) is 0.633. The molecule has 0 amide bonds. The van der Waals surface area contributed by atoms with Gasteiger partial charge in [-0.3, -0.25) is 4.79 Å². The van der Waals surface area contributed by atoms with Crippen molar-refractivity contribution in [1.82, 2.24) is 0 Å². The first-order chi connectivity index (χ1) is 8.45. The zero-order chi connectivity index (χ0) is 13.7. The number of ether oxygens (including phenoxy) is 2. The molecule has 0 aliphatic rings. The molecule has 0 heterocycles. The van der Waals surface area contributed by atoms with Crippen LogP contribution < -0.4 is 0 Å². The van der Waals surface area contributed by atoms with Gasteiger partial charge in [-0.15, -0.1) is 0 Å². The van der Waals surface area contributed by atoms with Crippen LogP contribution in [0.1, 0.15) is 18.6 Å². The Morgan fingerprint density at radius 1 is 1.39 bits per heavy atom. The van der Waals surface area contributed by atoms with Gasteiger partial charge in [0.1, 0.15) is 0 Å². The number of hydrogen-bond donors (Lipinski definition) is 0. The van der Waals surface area contributed by atoms with Crippen molar-refractivity contribution < 1.29 is 19.1 Å². The first kappa shape index (κ1) is 14.4. The van der Waals surface area contributed by atoms with Crippen molar-refractivity contribution in [1.29, 1.82) is 0 Å². The molecule has 18 heavy (non-hydrogen) atoms. The van der Waals surface area contributed by atoms with Crippen LogP contribution in [0.2, 0.25) is 0 Å². The summed E-state index contributed by atoms with van der Waals surface area (Å²) in [5.74, 6) is -1.11. The summed E-state index contributed by atoms with van der Waals surface area (Å²) in [4.78, 5) is 22.6. The van der Waals surface area contributed by atoms with E-state index in [1.54, 1.807) is 18.2 Å². The Hall–Kier alpha value is -1.62. The predicted octanol–water partition coefficient (Wildman–Crippen LogP) is 2.78. The molecule has 0 saturated carbocycles. The Morgan fingerprint density at radius 2 is 2.06 bits per heavy atom. The van der Waals surface area contributed by atoms with E-state index in [-0.39, 0.29) is 5.57 Å². The fourth-order valence-corrected chi connectivity index (χ4v) is 1.83. The highest BCUT2D eigenvalue weighted by molar-refractivity contribution is 9.10. The molecule has 0 aromatic heterocycles. The largest absolute Gasteiger partial charge is 0.466 e. The Labute approximate surface area is 114 Å². The molecule has 0 N–H and O–H groups in total. The summed E-state index contributed by atoms with van der Waals surface area (Å²) >= 11 is 3.31. The first-order valence-corrected chi connectivity index (χ1v) is 5.94. The fourth-order valence-electron chi connectivity index (χ4n) is 1.41. The zero-order valence-electron chi connectivity index (χ0n) is 10.1. The van der Waals surface area contributed by atoms with Crippen LogP contribution in [0.5, 0.6) is 0 Å². The van der Waals surface area contributed by atoms with E-state index in [0.717, 1.165) is 4.47 Å². The molecule has 0 saturated heterocycles. The van der Waals surface area contributed by atoms with Crippen LogP contribution in [-0.2, 0) is 19.1 Å². The molecule has 1 unspecified atom stereocenters. The van der Waals surface area contributed by atoms with E-state index < -0.39 is 18.0 Å². The fraction of sp³-hybridized carbons (Fsp3) is 0.231. The summed E-state index contributed by atoms with van der Waals surface area (Å²) in [6.07, 6.45) is -0.840. The minimum absolute atomic E-state index is 0.0748. The van der Waals surface area contributed by atoms with Crippen LogP contribution in [0.3, 0.4) is 0 Å². The van der Waals surface area contributed by atoms with Gasteiger partial charge in [0.2, 0.25) is 0 Å². The van der Waals surface area contributed by atoms with Crippen molar-refractivity contribution in [2.75, 3.05) is 7.11 Å². The lowest BCUT2D eigenvalue weighted by Gasteiger charge is -2.18. The molecule has 4 nitrogen and oxygen atoms in total. The van der Waals surface area contributed by atoms with Gasteiger partial charge in [0.05, 0.1) is 12.7 Å². The van der Waals surface area contributed by atoms with Crippen LogP contribution in [-0.4, -0.2) is 19.0 Å². The summed E-state index contributed by atoms with van der Waals surface area (Å²) < 4.78 is 10.5. The van der Waals surface area contributed by atoms with Crippen molar-refractivity contribution in [3.05, 3.63) is 46.5 Å². The second kappa shape index (κ2) is 6.35. The Balaban J connectivity index is 3.09. The van der Waals surface area contributed by atoms with Gasteiger partial charge in [-0.05, 0) is 17.7 Å². The van der Waals surface area contributed by atoms with Gasteiger partial charge >= 0.3 is 11.9 Å². The Morgan fingerprint density at radius 3 is 2.56 bits per heavy atom. The summed E-state index contributed by atoms with van der Waals surface area (Å²) in [7, 11) is 1.25. The zero-order valence-corrected chi connectivity index (χ0v) is 11.7. The standard InChI is InChI=1S/C13H13BrO4/c1-8(13(16)17-3)12(18-9(2)15)10-5-4-6-11(14)7-10/h4-7,12H,1H2,2-3H3. The van der Waals surface area contributed by atoms with Crippen molar-refractivity contribution in [3.8, 4) is 0 Å². The number of carbonyl (C=O) groups is 2. The number of carbonyl (C=O) groups excluding carboxylic acids is 2. The monoisotopic (exact) mass is 312 g/mol. The lowest BCUT2D eigenvalue weighted by molar-refractivity contribution is -0.147. The molecule has 1 aromatic carbocycles. The third kappa shape index (κ3) is 3.70. The van der Waals surface area contributed by atoms with Crippen molar-refractivity contribution in [2.24, 2.45) is 0 Å². The van der Waals surface area contributed by atoms with Crippen LogP contribution in [0.4, 0.5) is 0 Å². The third-order valence-electron chi connectivity index (χ3n) is 2.20. The molecular weight excluding hydrogens is 300 g/mol. The maximum atomic E-state index is 11.5. The van der Waals surface area contributed by atoms with Crippen molar-refractivity contribution in [2.45, 2.75) is 13.0 Å². The first-order valence-electron chi connectivity index (χ1n) is 5.15. The summed E-state index contributed by atoms with van der Waals surface area (Å²) in [5, 5.41) is 0. The average Bonchev–Trinajstić information content (AvgIpc) is 2.34. The highest BCUT2D eigenvalue weighted by Crippen LogP contribution is 2.27. The van der Waals surface area contributed by atoms with E-state index in [9.17, 15) is 9.59 Å². The van der Waals surface area contributed by atoms with Crippen LogP contribution >= 0.6 is 15.9 Å². The summed E-state index contributed by atoms with van der Waals surface area (Å²) in [6, 6.07) is 7.10. The molecule has 0 spiro atoms. The number of rotatable bonds is 4. The van der Waals surface area contributed by atoms with Gasteiger partial charge in [-0.2, -0.15) is 0 Å². The molecule has 1 aromatic rings. The van der Waals surface area contributed by atoms with E-state index in [1.807, 2.05) is 6.07 Å². The highest BCUT2D eigenvalue weighted by Gasteiger charge is 2.24. The van der Waals surface area contributed by atoms with Crippen molar-refractivity contribution in [3.63, 3.8) is 0 Å². The number of esters is 2. The van der Waals surface area contributed by atoms with Gasteiger partial charge in [-0.1, -0.05) is 34.6 Å². The lowest BCUT2D eigenvalue weighted by atomic mass is 10.0. The van der Waals surface area contributed by atoms with Crippen LogP contribution in [0.25, 0.3) is 0 Å². The van der Waals surface area contributed by atoms with Gasteiger partial charge in [0.25, 0.3) is 0 Å². The van der Waals surface area contributed by atoms with Gasteiger partial charge in [-0.25, -0.2) is 4.79 Å². The molecule has 1 rings (SSSR count). The molecule has 0 radical (unpaired) electrons. The topological polar surface area (TPSA) is 52.6 Å². The smallest absolute Gasteiger partial charge is 0.337 e. The minimum atomic E-state index is -0.840. The molecular formula is C13H13BrO4. The molecule has 5 heteroatoms. The molecule has 0 bridgehead atoms. The SMILES string of the molecule is C=C(C(=O)OC)C(OC(C)=O)c1cccc(Br)c1. The van der Waals surface area contributed by atoms with E-state index in [1.165, 1.54) is 14.0 Å². The van der Waals surface area contributed by atoms with E-state index in [2.05, 4.69) is 27.2 Å². The van der Waals surface area contributed by atoms with Gasteiger partial charge in [0.15, 0.2) is 6.10 Å². The van der Waals surface area contributed by atoms with E-state index in [0.29, 0.717) is 5.56 Å². The maximum Gasteiger partial charge on any atom is 0.337 e. The molecule has 1 atom stereocenters. The van der Waals surface area contributed by atoms with Crippen LogP contribution in [0.15, 0.2) is 40.9 Å². The Kier molecular flexibility index (Phi) is 5.09. The highest BCUT2D eigenvalue weighted by atomic mass is 79.9. The van der Waals surface area contributed by atoms with Crippen LogP contribution in [0, 0.1) is 0 Å². The third-order valence-corrected chi connectivity index (χ3v) is 2.69. The van der Waals surface area contributed by atoms with E-state index >= 15 is 0 Å². The molecule has 0 aliphatic heterocycles. The van der Waals surface area contributed by atoms with Gasteiger partial charge in [0, 0.05) is 11.4 Å². The second-order valence-corrected chi connectivity index (χ2v) is 4.48. The van der Waals surface area contributed by atoms with Crippen molar-refractivity contribution >= 4 is 27.9 Å². The maximum absolute atomic E-state index is 11.5. The number of benzene rings is 1.